The lowest BCUT2D eigenvalue weighted by molar-refractivity contribution is -0.384. The standard InChI is InChI=1S/C27H30N4O5/c1-25(2)26(3)11-12-27(25,23-22(26)29-18-8-7-17(31(33)34)15-19(18)30-23)24(32)28-13-10-16-6-9-20(35-4)21(14-16)36-5/h6-9,14-15H,10-13H2,1-5H3,(H,28,32). The number of benzene rings is 2. The molecule has 36 heavy (non-hydrogen) atoms. The zero-order valence-corrected chi connectivity index (χ0v) is 21.2. The lowest BCUT2D eigenvalue weighted by atomic mass is 9.63. The van der Waals surface area contributed by atoms with E-state index >= 15 is 0 Å². The van der Waals surface area contributed by atoms with E-state index in [-0.39, 0.29) is 17.0 Å². The van der Waals surface area contributed by atoms with Gasteiger partial charge in [0.15, 0.2) is 11.5 Å². The number of non-ortho nitro benzene ring substituents is 1. The normalized spacial score (nSPS) is 23.4. The van der Waals surface area contributed by atoms with Crippen LogP contribution in [0, 0.1) is 15.5 Å². The van der Waals surface area contributed by atoms with Crippen molar-refractivity contribution in [3.8, 4) is 11.5 Å². The number of nitrogens with zero attached hydrogens (tertiary/aromatic N) is 3. The Labute approximate surface area is 209 Å². The molecule has 1 amide bonds. The number of hydrogen-bond acceptors (Lipinski definition) is 7. The summed E-state index contributed by atoms with van der Waals surface area (Å²) in [5.41, 5.74) is 1.88. The number of rotatable bonds is 7. The van der Waals surface area contributed by atoms with Gasteiger partial charge in [0.25, 0.3) is 5.69 Å². The van der Waals surface area contributed by atoms with Gasteiger partial charge in [-0.05, 0) is 48.4 Å². The van der Waals surface area contributed by atoms with Crippen molar-refractivity contribution in [3.63, 3.8) is 0 Å². The summed E-state index contributed by atoms with van der Waals surface area (Å²) in [5.74, 6) is 1.23. The van der Waals surface area contributed by atoms with Crippen LogP contribution in [0.4, 0.5) is 5.69 Å². The lowest BCUT2D eigenvalue weighted by Crippen LogP contribution is -2.51. The van der Waals surface area contributed by atoms with Crippen LogP contribution in [-0.2, 0) is 22.0 Å². The molecule has 0 spiro atoms. The number of nitro benzene ring substituents is 1. The molecule has 2 unspecified atom stereocenters. The highest BCUT2D eigenvalue weighted by Gasteiger charge is 2.73. The Morgan fingerprint density at radius 1 is 1.00 bits per heavy atom. The van der Waals surface area contributed by atoms with Gasteiger partial charge in [0.05, 0.1) is 47.0 Å². The fourth-order valence-electron chi connectivity index (χ4n) is 6.21. The molecule has 2 aromatic carbocycles. The van der Waals surface area contributed by atoms with Crippen LogP contribution in [0.15, 0.2) is 36.4 Å². The highest BCUT2D eigenvalue weighted by Crippen LogP contribution is 2.70. The third kappa shape index (κ3) is 3.11. The van der Waals surface area contributed by atoms with E-state index < -0.39 is 15.8 Å². The zero-order valence-electron chi connectivity index (χ0n) is 21.2. The molecule has 1 N–H and O–H groups in total. The summed E-state index contributed by atoms with van der Waals surface area (Å²) >= 11 is 0. The van der Waals surface area contributed by atoms with Gasteiger partial charge in [0.2, 0.25) is 5.91 Å². The van der Waals surface area contributed by atoms with Crippen molar-refractivity contribution in [2.75, 3.05) is 20.8 Å². The molecule has 2 atom stereocenters. The monoisotopic (exact) mass is 490 g/mol. The second-order valence-corrected chi connectivity index (χ2v) is 10.4. The van der Waals surface area contributed by atoms with Crippen molar-refractivity contribution in [1.29, 1.82) is 0 Å². The summed E-state index contributed by atoms with van der Waals surface area (Å²) in [5, 5.41) is 14.5. The third-order valence-corrected chi connectivity index (χ3v) is 8.77. The highest BCUT2D eigenvalue weighted by molar-refractivity contribution is 5.93. The first-order chi connectivity index (χ1) is 17.1. The minimum absolute atomic E-state index is 0.0428. The molecular weight excluding hydrogens is 460 g/mol. The maximum atomic E-state index is 13.9. The number of amides is 1. The molecule has 0 radical (unpaired) electrons. The van der Waals surface area contributed by atoms with Crippen LogP contribution in [0.25, 0.3) is 11.0 Å². The molecule has 0 saturated heterocycles. The molecule has 0 aliphatic heterocycles. The molecule has 1 fully saturated rings. The molecule has 2 aliphatic rings. The highest BCUT2D eigenvalue weighted by atomic mass is 16.6. The first-order valence-electron chi connectivity index (χ1n) is 12.1. The van der Waals surface area contributed by atoms with E-state index in [1.807, 2.05) is 18.2 Å². The molecule has 5 rings (SSSR count). The van der Waals surface area contributed by atoms with Gasteiger partial charge in [-0.1, -0.05) is 26.8 Å². The van der Waals surface area contributed by atoms with Crippen molar-refractivity contribution < 1.29 is 19.2 Å². The second-order valence-electron chi connectivity index (χ2n) is 10.4. The smallest absolute Gasteiger partial charge is 0.271 e. The average molecular weight is 491 g/mol. The van der Waals surface area contributed by atoms with Crippen LogP contribution in [0.2, 0.25) is 0 Å². The van der Waals surface area contributed by atoms with Crippen LogP contribution in [0.1, 0.15) is 50.6 Å². The van der Waals surface area contributed by atoms with E-state index in [0.717, 1.165) is 17.7 Å². The Morgan fingerprint density at radius 3 is 2.42 bits per heavy atom. The number of aromatic nitrogens is 2. The maximum absolute atomic E-state index is 13.9. The van der Waals surface area contributed by atoms with Crippen molar-refractivity contribution in [3.05, 3.63) is 63.5 Å². The molecule has 1 aromatic heterocycles. The predicted molar refractivity (Wildman–Crippen MR) is 134 cm³/mol. The number of methoxy groups -OCH3 is 2. The minimum atomic E-state index is -0.861. The molecule has 1 saturated carbocycles. The molecule has 9 nitrogen and oxygen atoms in total. The molecular formula is C27H30N4O5. The number of fused-ring (bicyclic) bond motifs is 6. The van der Waals surface area contributed by atoms with Crippen LogP contribution in [0.5, 0.6) is 11.5 Å². The second kappa shape index (κ2) is 8.15. The van der Waals surface area contributed by atoms with Gasteiger partial charge in [-0.3, -0.25) is 14.9 Å². The molecule has 3 aromatic rings. The SMILES string of the molecule is COc1ccc(CCNC(=O)C23CCC(C)(c4nc5ccc([N+](=O)[O-])cc5nc42)C3(C)C)cc1OC. The van der Waals surface area contributed by atoms with Gasteiger partial charge in [-0.15, -0.1) is 0 Å². The van der Waals surface area contributed by atoms with Crippen LogP contribution < -0.4 is 14.8 Å². The minimum Gasteiger partial charge on any atom is -0.493 e. The molecule has 188 valence electrons. The fraction of sp³-hybridized carbons (Fsp3) is 0.444. The number of carbonyl (C=O) groups excluding carboxylic acids is 1. The molecule has 2 bridgehead atoms. The van der Waals surface area contributed by atoms with Gasteiger partial charge in [-0.2, -0.15) is 0 Å². The summed E-state index contributed by atoms with van der Waals surface area (Å²) in [7, 11) is 3.19. The fourth-order valence-corrected chi connectivity index (χ4v) is 6.21. The Bertz CT molecular complexity index is 1400. The number of nitrogens with one attached hydrogen (secondary N) is 1. The Morgan fingerprint density at radius 2 is 1.72 bits per heavy atom. The van der Waals surface area contributed by atoms with Gasteiger partial charge >= 0.3 is 0 Å². The lowest BCUT2D eigenvalue weighted by Gasteiger charge is -2.39. The van der Waals surface area contributed by atoms with Gasteiger partial charge < -0.3 is 14.8 Å². The Balaban J connectivity index is 1.47. The maximum Gasteiger partial charge on any atom is 0.271 e. The van der Waals surface area contributed by atoms with Gasteiger partial charge in [-0.25, -0.2) is 9.97 Å². The zero-order chi connectivity index (χ0) is 25.9. The van der Waals surface area contributed by atoms with E-state index in [0.29, 0.717) is 47.6 Å². The molecule has 9 heteroatoms. The summed E-state index contributed by atoms with van der Waals surface area (Å²) in [6.45, 7) is 6.84. The summed E-state index contributed by atoms with van der Waals surface area (Å²) in [6, 6.07) is 10.2. The van der Waals surface area contributed by atoms with E-state index in [1.165, 1.54) is 12.1 Å². The van der Waals surface area contributed by atoms with Crippen molar-refractivity contribution in [1.82, 2.24) is 15.3 Å². The van der Waals surface area contributed by atoms with Crippen molar-refractivity contribution >= 4 is 22.6 Å². The third-order valence-electron chi connectivity index (χ3n) is 8.77. The van der Waals surface area contributed by atoms with Crippen LogP contribution in [0.3, 0.4) is 0 Å². The Kier molecular flexibility index (Phi) is 5.42. The largest absolute Gasteiger partial charge is 0.493 e. The summed E-state index contributed by atoms with van der Waals surface area (Å²) < 4.78 is 10.7. The topological polar surface area (TPSA) is 116 Å². The van der Waals surface area contributed by atoms with E-state index in [2.05, 4.69) is 26.1 Å². The van der Waals surface area contributed by atoms with Crippen molar-refractivity contribution in [2.45, 2.75) is 50.9 Å². The van der Waals surface area contributed by atoms with Gasteiger partial charge in [0, 0.05) is 24.1 Å². The first kappa shape index (κ1) is 24.0. The summed E-state index contributed by atoms with van der Waals surface area (Å²) in [6.07, 6.45) is 2.10. The van der Waals surface area contributed by atoms with Gasteiger partial charge in [0.1, 0.15) is 0 Å². The predicted octanol–water partition coefficient (Wildman–Crippen LogP) is 4.24. The number of nitro groups is 1. The average Bonchev–Trinajstić information content (AvgIpc) is 3.16. The first-order valence-corrected chi connectivity index (χ1v) is 12.1. The van der Waals surface area contributed by atoms with Crippen LogP contribution in [-0.4, -0.2) is 41.6 Å². The number of ether oxygens (including phenoxy) is 2. The summed E-state index contributed by atoms with van der Waals surface area (Å²) in [4.78, 5) is 34.6. The van der Waals surface area contributed by atoms with Crippen LogP contribution >= 0.6 is 0 Å². The molecule has 2 aliphatic carbocycles. The van der Waals surface area contributed by atoms with E-state index in [1.54, 1.807) is 20.3 Å². The number of hydrogen-bond donors (Lipinski definition) is 1. The quantitative estimate of drug-likeness (QED) is 0.389. The number of carbonyl (C=O) groups is 1. The molecule has 1 heterocycles. The van der Waals surface area contributed by atoms with Crippen molar-refractivity contribution in [2.24, 2.45) is 5.41 Å². The van der Waals surface area contributed by atoms with E-state index in [4.69, 9.17) is 19.4 Å². The van der Waals surface area contributed by atoms with E-state index in [9.17, 15) is 14.9 Å². The Hall–Kier alpha value is -3.75.